The van der Waals surface area contributed by atoms with Crippen LogP contribution in [0.25, 0.3) is 4.96 Å². The fourth-order valence-electron chi connectivity index (χ4n) is 2.08. The fraction of sp³-hybridized carbons (Fsp3) is 0.400. The first-order chi connectivity index (χ1) is 10.8. The Balaban J connectivity index is 1.69. The van der Waals surface area contributed by atoms with Gasteiger partial charge in [-0.25, -0.2) is 0 Å². The number of aromatic nitrogens is 4. The topological polar surface area (TPSA) is 61.5 Å². The summed E-state index contributed by atoms with van der Waals surface area (Å²) in [6.45, 7) is 2.57. The summed E-state index contributed by atoms with van der Waals surface area (Å²) >= 11 is 1.50. The van der Waals surface area contributed by atoms with Gasteiger partial charge in [0.25, 0.3) is 0 Å². The first-order valence-corrected chi connectivity index (χ1v) is 8.08. The van der Waals surface area contributed by atoms with Crippen LogP contribution in [0.3, 0.4) is 0 Å². The molecule has 2 heterocycles. The fourth-order valence-corrected chi connectivity index (χ4v) is 2.85. The number of nitrogens with zero attached hydrogens (tertiary/aromatic N) is 4. The van der Waals surface area contributed by atoms with Gasteiger partial charge in [0, 0.05) is 12.5 Å². The number of hydrogen-bond donors (Lipinski definition) is 0. The van der Waals surface area contributed by atoms with Crippen molar-refractivity contribution in [3.63, 3.8) is 0 Å². The van der Waals surface area contributed by atoms with Crippen molar-refractivity contribution in [2.75, 3.05) is 7.11 Å². The van der Waals surface area contributed by atoms with Gasteiger partial charge in [0.05, 0.1) is 7.11 Å². The Bertz CT molecular complexity index is 753. The smallest absolute Gasteiger partial charge is 0.234 e. The maximum atomic E-state index is 5.76. The number of aryl methyl sites for hydroxylation is 1. The van der Waals surface area contributed by atoms with Crippen LogP contribution in [-0.2, 0) is 13.0 Å². The maximum absolute atomic E-state index is 5.76. The summed E-state index contributed by atoms with van der Waals surface area (Å²) in [5, 5.41) is 13.8. The molecule has 0 atom stereocenters. The Morgan fingerprint density at radius 3 is 2.91 bits per heavy atom. The van der Waals surface area contributed by atoms with Crippen molar-refractivity contribution in [3.8, 4) is 11.5 Å². The van der Waals surface area contributed by atoms with E-state index in [0.717, 1.165) is 46.6 Å². The van der Waals surface area contributed by atoms with Gasteiger partial charge < -0.3 is 9.47 Å². The van der Waals surface area contributed by atoms with Crippen molar-refractivity contribution in [1.82, 2.24) is 19.8 Å². The van der Waals surface area contributed by atoms with Gasteiger partial charge in [0.2, 0.25) is 4.96 Å². The summed E-state index contributed by atoms with van der Waals surface area (Å²) in [7, 11) is 1.64. The van der Waals surface area contributed by atoms with E-state index in [1.165, 1.54) is 11.3 Å². The van der Waals surface area contributed by atoms with E-state index in [-0.39, 0.29) is 0 Å². The van der Waals surface area contributed by atoms with Crippen molar-refractivity contribution in [3.05, 3.63) is 35.1 Å². The lowest BCUT2D eigenvalue weighted by atomic mass is 10.2. The van der Waals surface area contributed by atoms with Gasteiger partial charge in [-0.1, -0.05) is 30.7 Å². The number of ether oxygens (including phenoxy) is 2. The van der Waals surface area contributed by atoms with Gasteiger partial charge in [-0.2, -0.15) is 9.61 Å². The third-order valence-electron chi connectivity index (χ3n) is 3.25. The van der Waals surface area contributed by atoms with Gasteiger partial charge in [0.15, 0.2) is 10.8 Å². The highest BCUT2D eigenvalue weighted by molar-refractivity contribution is 7.16. The molecular weight excluding hydrogens is 300 g/mol. The lowest BCUT2D eigenvalue weighted by Gasteiger charge is -2.05. The molecule has 1 aromatic carbocycles. The second-order valence-corrected chi connectivity index (χ2v) is 5.92. The first-order valence-electron chi connectivity index (χ1n) is 7.27. The molecule has 0 N–H and O–H groups in total. The SMILES string of the molecule is CCCCc1nnc2sc(COc3cccc(OC)c3)nn12. The van der Waals surface area contributed by atoms with Crippen LogP contribution < -0.4 is 9.47 Å². The molecule has 0 amide bonds. The third-order valence-corrected chi connectivity index (χ3v) is 4.13. The lowest BCUT2D eigenvalue weighted by molar-refractivity contribution is 0.301. The quantitative estimate of drug-likeness (QED) is 0.670. The van der Waals surface area contributed by atoms with E-state index >= 15 is 0 Å². The zero-order valence-electron chi connectivity index (χ0n) is 12.7. The van der Waals surface area contributed by atoms with Crippen LogP contribution in [0.2, 0.25) is 0 Å². The molecule has 0 unspecified atom stereocenters. The van der Waals surface area contributed by atoms with E-state index in [2.05, 4.69) is 22.2 Å². The van der Waals surface area contributed by atoms with Crippen molar-refractivity contribution in [2.24, 2.45) is 0 Å². The number of fused-ring (bicyclic) bond motifs is 1. The average Bonchev–Trinajstić information content (AvgIpc) is 3.11. The monoisotopic (exact) mass is 318 g/mol. The minimum Gasteiger partial charge on any atom is -0.497 e. The molecule has 7 heteroatoms. The molecule has 6 nitrogen and oxygen atoms in total. The molecular formula is C15H18N4O2S. The van der Waals surface area contributed by atoms with Crippen molar-refractivity contribution in [2.45, 2.75) is 32.8 Å². The van der Waals surface area contributed by atoms with Gasteiger partial charge in [-0.3, -0.25) is 0 Å². The molecule has 0 aliphatic heterocycles. The molecule has 0 aliphatic rings. The molecule has 3 rings (SSSR count). The van der Waals surface area contributed by atoms with Crippen LogP contribution in [0.1, 0.15) is 30.6 Å². The lowest BCUT2D eigenvalue weighted by Crippen LogP contribution is -1.99. The van der Waals surface area contributed by atoms with Gasteiger partial charge in [-0.05, 0) is 18.6 Å². The molecule has 0 radical (unpaired) electrons. The first kappa shape index (κ1) is 14.8. The third kappa shape index (κ3) is 3.19. The molecule has 0 bridgehead atoms. The minimum absolute atomic E-state index is 0.411. The largest absolute Gasteiger partial charge is 0.497 e. The Morgan fingerprint density at radius 1 is 1.23 bits per heavy atom. The molecule has 0 aliphatic carbocycles. The Kier molecular flexibility index (Phi) is 4.53. The van der Waals surface area contributed by atoms with Crippen LogP contribution in [0.4, 0.5) is 0 Å². The normalized spacial score (nSPS) is 11.0. The highest BCUT2D eigenvalue weighted by atomic mass is 32.1. The standard InChI is InChI=1S/C15H18N4O2S/c1-3-4-8-13-16-17-15-19(13)18-14(22-15)10-21-12-7-5-6-11(9-12)20-2/h5-7,9H,3-4,8,10H2,1-2H3. The zero-order chi connectivity index (χ0) is 15.4. The van der Waals surface area contributed by atoms with Crippen LogP contribution in [0.15, 0.2) is 24.3 Å². The summed E-state index contributed by atoms with van der Waals surface area (Å²) in [6, 6.07) is 7.54. The van der Waals surface area contributed by atoms with Crippen LogP contribution >= 0.6 is 11.3 Å². The number of methoxy groups -OCH3 is 1. The second-order valence-electron chi connectivity index (χ2n) is 4.88. The highest BCUT2D eigenvalue weighted by Crippen LogP contribution is 2.21. The number of unbranched alkanes of at least 4 members (excludes halogenated alkanes) is 1. The van der Waals surface area contributed by atoms with Gasteiger partial charge >= 0.3 is 0 Å². The van der Waals surface area contributed by atoms with Crippen molar-refractivity contribution < 1.29 is 9.47 Å². The second kappa shape index (κ2) is 6.74. The molecule has 0 spiro atoms. The summed E-state index contributed by atoms with van der Waals surface area (Å²) in [4.78, 5) is 0.815. The van der Waals surface area contributed by atoms with E-state index in [4.69, 9.17) is 9.47 Å². The Labute approximate surface area is 132 Å². The molecule has 0 fully saturated rings. The average molecular weight is 318 g/mol. The van der Waals surface area contributed by atoms with Crippen LogP contribution in [-0.4, -0.2) is 26.9 Å². The predicted molar refractivity (Wildman–Crippen MR) is 84.6 cm³/mol. The molecule has 22 heavy (non-hydrogen) atoms. The zero-order valence-corrected chi connectivity index (χ0v) is 13.5. The van der Waals surface area contributed by atoms with Crippen LogP contribution in [0.5, 0.6) is 11.5 Å². The molecule has 0 saturated carbocycles. The minimum atomic E-state index is 0.411. The molecule has 0 saturated heterocycles. The Morgan fingerprint density at radius 2 is 2.09 bits per heavy atom. The van der Waals surface area contributed by atoms with E-state index in [9.17, 15) is 0 Å². The summed E-state index contributed by atoms with van der Waals surface area (Å²) < 4.78 is 12.8. The van der Waals surface area contributed by atoms with Crippen molar-refractivity contribution in [1.29, 1.82) is 0 Å². The maximum Gasteiger partial charge on any atom is 0.234 e. The number of benzene rings is 1. The van der Waals surface area contributed by atoms with Gasteiger partial charge in [-0.15, -0.1) is 10.2 Å². The number of rotatable bonds is 7. The summed E-state index contributed by atoms with van der Waals surface area (Å²) in [5.74, 6) is 2.45. The predicted octanol–water partition coefficient (Wildman–Crippen LogP) is 3.12. The van der Waals surface area contributed by atoms with Crippen molar-refractivity contribution >= 4 is 16.3 Å². The number of hydrogen-bond acceptors (Lipinski definition) is 6. The summed E-state index contributed by atoms with van der Waals surface area (Å²) in [5.41, 5.74) is 0. The Hall–Kier alpha value is -2.15. The van der Waals surface area contributed by atoms with E-state index in [1.54, 1.807) is 7.11 Å². The molecule has 116 valence electrons. The highest BCUT2D eigenvalue weighted by Gasteiger charge is 2.11. The van der Waals surface area contributed by atoms with E-state index in [1.807, 2.05) is 28.8 Å². The van der Waals surface area contributed by atoms with Gasteiger partial charge in [0.1, 0.15) is 18.1 Å². The summed E-state index contributed by atoms with van der Waals surface area (Å²) in [6.07, 6.45) is 3.12. The van der Waals surface area contributed by atoms with Crippen LogP contribution in [0, 0.1) is 0 Å². The van der Waals surface area contributed by atoms with E-state index in [0.29, 0.717) is 6.61 Å². The molecule has 2 aromatic heterocycles. The van der Waals surface area contributed by atoms with E-state index < -0.39 is 0 Å². The molecule has 3 aromatic rings.